The Hall–Kier alpha value is -4.56. The van der Waals surface area contributed by atoms with E-state index >= 15 is 0 Å². The van der Waals surface area contributed by atoms with Crippen molar-refractivity contribution < 1.29 is 14.4 Å². The van der Waals surface area contributed by atoms with Gasteiger partial charge in [0.1, 0.15) is 6.04 Å². The maximum Gasteiger partial charge on any atom is 0.281 e. The Kier molecular flexibility index (Phi) is 10.5. The molecule has 0 saturated heterocycles. The lowest BCUT2D eigenvalue weighted by Crippen LogP contribution is -2.48. The molecule has 1 aliphatic carbocycles. The van der Waals surface area contributed by atoms with Crippen molar-refractivity contribution in [2.75, 3.05) is 11.9 Å². The second-order valence-corrected chi connectivity index (χ2v) is 13.6. The van der Waals surface area contributed by atoms with E-state index in [0.717, 1.165) is 53.5 Å². The van der Waals surface area contributed by atoms with Crippen LogP contribution in [0.2, 0.25) is 0 Å². The third-order valence-electron chi connectivity index (χ3n) is 8.05. The first-order valence-electron chi connectivity index (χ1n) is 16.0. The van der Waals surface area contributed by atoms with E-state index in [-0.39, 0.29) is 22.2 Å². The Balaban J connectivity index is 1.31. The summed E-state index contributed by atoms with van der Waals surface area (Å²) in [6.45, 7) is 9.22. The predicted molar refractivity (Wildman–Crippen MR) is 188 cm³/mol. The number of nitrogens with one attached hydrogen (secondary N) is 3. The summed E-state index contributed by atoms with van der Waals surface area (Å²) in [5.41, 5.74) is 5.69. The number of fused-ring (bicyclic) bond motifs is 1. The molecule has 238 valence electrons. The van der Waals surface area contributed by atoms with E-state index in [2.05, 4.69) is 72.9 Å². The van der Waals surface area contributed by atoms with Gasteiger partial charge in [-0.15, -0.1) is 11.3 Å². The second-order valence-electron chi connectivity index (χ2n) is 12.6. The van der Waals surface area contributed by atoms with Gasteiger partial charge in [-0.2, -0.15) is 0 Å². The lowest BCUT2D eigenvalue weighted by molar-refractivity contribution is -0.122. The van der Waals surface area contributed by atoms with Crippen molar-refractivity contribution in [1.82, 2.24) is 15.6 Å². The molecule has 3 N–H and O–H groups in total. The first kappa shape index (κ1) is 32.8. The summed E-state index contributed by atoms with van der Waals surface area (Å²) in [5.74, 6) is -0.857. The minimum absolute atomic E-state index is 0.0415. The van der Waals surface area contributed by atoms with Gasteiger partial charge >= 0.3 is 0 Å². The quantitative estimate of drug-likeness (QED) is 0.145. The standard InChI is InChI=1S/C38H42N4O3S/c1-5-6-12-23-39-35(44)33(26-13-8-7-9-14-26)42-36(45)37-41-31-22-21-28(24-32(31)46-37)40-34(43)30-16-11-10-15-29(30)25-17-19-27(20-18-25)38(2,3)4/h8,10-11,13-22,24,33H,5-7,9,12,23H2,1-4H3,(H,39,44)(H,40,43)(H,42,45)/t33-/m0/s1. The Morgan fingerprint density at radius 1 is 0.935 bits per heavy atom. The van der Waals surface area contributed by atoms with Crippen LogP contribution in [0.1, 0.15) is 85.5 Å². The number of hydrogen-bond acceptors (Lipinski definition) is 5. The Bertz CT molecular complexity index is 1780. The molecule has 0 spiro atoms. The minimum Gasteiger partial charge on any atom is -0.354 e. The zero-order valence-corrected chi connectivity index (χ0v) is 27.8. The van der Waals surface area contributed by atoms with Crippen LogP contribution in [0.25, 0.3) is 21.3 Å². The van der Waals surface area contributed by atoms with Gasteiger partial charge in [0.05, 0.1) is 10.2 Å². The molecule has 0 fully saturated rings. The van der Waals surface area contributed by atoms with E-state index in [0.29, 0.717) is 23.3 Å². The minimum atomic E-state index is -0.794. The lowest BCUT2D eigenvalue weighted by atomic mass is 9.86. The fraction of sp³-hybridized carbons (Fsp3) is 0.316. The van der Waals surface area contributed by atoms with Gasteiger partial charge in [-0.25, -0.2) is 4.98 Å². The molecule has 0 unspecified atom stereocenters. The van der Waals surface area contributed by atoms with Crippen molar-refractivity contribution in [2.45, 2.75) is 71.3 Å². The second kappa shape index (κ2) is 14.7. The average Bonchev–Trinajstić information content (AvgIpc) is 3.49. The third-order valence-corrected chi connectivity index (χ3v) is 9.07. The monoisotopic (exact) mass is 634 g/mol. The molecule has 1 atom stereocenters. The number of nitrogens with zero attached hydrogens (tertiary/aromatic N) is 1. The summed E-state index contributed by atoms with van der Waals surface area (Å²) < 4.78 is 0.756. The number of anilines is 1. The van der Waals surface area contributed by atoms with Crippen molar-refractivity contribution >= 4 is 45.0 Å². The number of rotatable bonds is 11. The molecule has 5 rings (SSSR count). The summed E-state index contributed by atoms with van der Waals surface area (Å²) in [4.78, 5) is 44.5. The van der Waals surface area contributed by atoms with Crippen molar-refractivity contribution in [1.29, 1.82) is 0 Å². The van der Waals surface area contributed by atoms with E-state index in [1.165, 1.54) is 16.9 Å². The summed E-state index contributed by atoms with van der Waals surface area (Å²) in [5, 5.41) is 9.17. The fourth-order valence-corrected chi connectivity index (χ4v) is 6.32. The molecule has 3 amide bonds. The van der Waals surface area contributed by atoms with Crippen LogP contribution < -0.4 is 16.0 Å². The number of amides is 3. The van der Waals surface area contributed by atoms with Crippen molar-refractivity contribution in [3.8, 4) is 11.1 Å². The first-order valence-corrected chi connectivity index (χ1v) is 16.8. The van der Waals surface area contributed by atoms with E-state index < -0.39 is 11.9 Å². The van der Waals surface area contributed by atoms with Crippen LogP contribution in [0.4, 0.5) is 5.69 Å². The van der Waals surface area contributed by atoms with E-state index in [9.17, 15) is 14.4 Å². The van der Waals surface area contributed by atoms with Crippen molar-refractivity contribution in [3.63, 3.8) is 0 Å². The first-order chi connectivity index (χ1) is 22.1. The summed E-state index contributed by atoms with van der Waals surface area (Å²) in [7, 11) is 0. The fourth-order valence-electron chi connectivity index (χ4n) is 5.41. The summed E-state index contributed by atoms with van der Waals surface area (Å²) in [6.07, 6.45) is 10.7. The van der Waals surface area contributed by atoms with Crippen LogP contribution in [0.3, 0.4) is 0 Å². The molecule has 0 radical (unpaired) electrons. The molecule has 4 aromatic rings. The van der Waals surface area contributed by atoms with Gasteiger partial charge in [0.2, 0.25) is 5.91 Å². The van der Waals surface area contributed by atoms with Crippen LogP contribution in [-0.2, 0) is 10.2 Å². The van der Waals surface area contributed by atoms with Gasteiger partial charge < -0.3 is 16.0 Å². The Labute approximate surface area is 275 Å². The molecule has 1 aromatic heterocycles. The highest BCUT2D eigenvalue weighted by molar-refractivity contribution is 7.20. The third kappa shape index (κ3) is 7.98. The van der Waals surface area contributed by atoms with Crippen molar-refractivity contribution in [3.05, 3.63) is 107 Å². The molecule has 0 bridgehead atoms. The molecule has 1 heterocycles. The zero-order valence-electron chi connectivity index (χ0n) is 27.0. The predicted octanol–water partition coefficient (Wildman–Crippen LogP) is 8.19. The molecule has 8 heteroatoms. The van der Waals surface area contributed by atoms with Crippen LogP contribution >= 0.6 is 11.3 Å². The lowest BCUT2D eigenvalue weighted by Gasteiger charge is -2.20. The zero-order chi connectivity index (χ0) is 32.7. The Morgan fingerprint density at radius 2 is 1.72 bits per heavy atom. The highest BCUT2D eigenvalue weighted by Crippen LogP contribution is 2.30. The highest BCUT2D eigenvalue weighted by Gasteiger charge is 2.26. The topological polar surface area (TPSA) is 100 Å². The van der Waals surface area contributed by atoms with Gasteiger partial charge in [0.25, 0.3) is 11.8 Å². The number of benzene rings is 3. The molecular weight excluding hydrogens is 593 g/mol. The SMILES string of the molecule is CCCCCNC(=O)[C@@H](NC(=O)c1nc2ccc(NC(=O)c3ccccc3-c3ccc(C(C)(C)C)cc3)cc2s1)C1=CCCC=C1. The van der Waals surface area contributed by atoms with Crippen LogP contribution in [0.5, 0.6) is 0 Å². The number of unbranched alkanes of at least 4 members (excludes halogenated alkanes) is 2. The number of hydrogen-bond donors (Lipinski definition) is 3. The average molecular weight is 635 g/mol. The molecule has 3 aromatic carbocycles. The smallest absolute Gasteiger partial charge is 0.281 e. The Morgan fingerprint density at radius 3 is 2.43 bits per heavy atom. The maximum atomic E-state index is 13.5. The van der Waals surface area contributed by atoms with E-state index in [4.69, 9.17) is 0 Å². The van der Waals surface area contributed by atoms with Gasteiger partial charge in [0, 0.05) is 17.8 Å². The van der Waals surface area contributed by atoms with Gasteiger partial charge in [-0.05, 0) is 71.2 Å². The summed E-state index contributed by atoms with van der Waals surface area (Å²) in [6, 6.07) is 20.5. The largest absolute Gasteiger partial charge is 0.354 e. The molecule has 46 heavy (non-hydrogen) atoms. The summed E-state index contributed by atoms with van der Waals surface area (Å²) >= 11 is 1.23. The number of carbonyl (C=O) groups excluding carboxylic acids is 3. The molecule has 1 aliphatic rings. The number of carbonyl (C=O) groups is 3. The van der Waals surface area contributed by atoms with Gasteiger partial charge in [0.15, 0.2) is 5.01 Å². The number of thiazole rings is 1. The highest BCUT2D eigenvalue weighted by atomic mass is 32.1. The number of aromatic nitrogens is 1. The van der Waals surface area contributed by atoms with Crippen LogP contribution in [0, 0.1) is 0 Å². The van der Waals surface area contributed by atoms with Crippen LogP contribution in [-0.4, -0.2) is 35.3 Å². The maximum absolute atomic E-state index is 13.5. The van der Waals surface area contributed by atoms with Gasteiger partial charge in [-0.1, -0.05) is 101 Å². The molecule has 7 nitrogen and oxygen atoms in total. The van der Waals surface area contributed by atoms with E-state index in [1.807, 2.05) is 48.6 Å². The van der Waals surface area contributed by atoms with Crippen LogP contribution in [0.15, 0.2) is 90.5 Å². The molecule has 0 aliphatic heterocycles. The number of allylic oxidation sites excluding steroid dienone is 2. The molecular formula is C38H42N4O3S. The normalized spacial score (nSPS) is 13.6. The van der Waals surface area contributed by atoms with E-state index in [1.54, 1.807) is 12.1 Å². The van der Waals surface area contributed by atoms with Crippen molar-refractivity contribution in [2.24, 2.45) is 0 Å². The van der Waals surface area contributed by atoms with Gasteiger partial charge in [-0.3, -0.25) is 14.4 Å². The molecule has 0 saturated carbocycles.